The summed E-state index contributed by atoms with van der Waals surface area (Å²) in [5.41, 5.74) is 6.21. The molecule has 1 amide bonds. The molecular weight excluding hydrogens is 833 g/mol. The molecule has 0 aromatic heterocycles. The van der Waals surface area contributed by atoms with Crippen molar-refractivity contribution < 1.29 is 73.8 Å². The van der Waals surface area contributed by atoms with Crippen LogP contribution < -0.4 is 11.1 Å². The van der Waals surface area contributed by atoms with Gasteiger partial charge in [0.2, 0.25) is 0 Å². The van der Waals surface area contributed by atoms with Crippen molar-refractivity contribution in [3.05, 3.63) is 85.1 Å². The van der Waals surface area contributed by atoms with E-state index in [0.29, 0.717) is 6.42 Å². The first kappa shape index (κ1) is 53.1. The molecule has 3 saturated heterocycles. The lowest BCUT2D eigenvalue weighted by molar-refractivity contribution is -0.302. The van der Waals surface area contributed by atoms with Gasteiger partial charge in [0.15, 0.2) is 12.1 Å². The Hall–Kier alpha value is -3.56. The predicted molar refractivity (Wildman–Crippen MR) is 236 cm³/mol. The number of hydrogen-bond donors (Lipinski definition) is 9. The lowest BCUT2D eigenvalue weighted by Gasteiger charge is -2.46. The van der Waals surface area contributed by atoms with E-state index in [1.165, 1.54) is 7.11 Å². The maximum Gasteiger partial charge on any atom is 0.407 e. The van der Waals surface area contributed by atoms with Gasteiger partial charge in [0.1, 0.15) is 12.2 Å². The molecular formula is C47H72N2O15. The first-order chi connectivity index (χ1) is 30.5. The van der Waals surface area contributed by atoms with E-state index < -0.39 is 115 Å². The Morgan fingerprint density at radius 3 is 1.97 bits per heavy atom. The van der Waals surface area contributed by atoms with Crippen LogP contribution in [0.4, 0.5) is 4.79 Å². The standard InChI is InChI=1S/C47H72N2O15/c1-29-30(2)60-42(56)24-33(51)22-32(50)20-21-38(54)39(55)23-34(52)27-47(59-4)28-41-44(49-46(58)63-41)40(64-47)25-35(62-43-26-36(48)45(57)31(3)61-43)18-16-14-12-10-8-6-5-7-9-11-13-15-17-19-37(29)53/h5-18,29-41,43-45,50-55,57H,19-28,48H2,1-4H3,(H,49,58)/b6-5+,9-7+,10-8+,13-11+,14-12+,17-15+,18-16+/t29-,30-,31+,32?,33?,34?,35?,36+,37?,38?,39?,40-,41-,43?,44?,45?,47?/m0/s1. The van der Waals surface area contributed by atoms with Crippen LogP contribution in [0.2, 0.25) is 0 Å². The van der Waals surface area contributed by atoms with Crippen molar-refractivity contribution in [3.8, 4) is 0 Å². The number of nitrogens with two attached hydrogens (primary N) is 1. The number of hydrogen-bond acceptors (Lipinski definition) is 16. The quantitative estimate of drug-likeness (QED) is 0.184. The molecule has 2 bridgehead atoms. The van der Waals surface area contributed by atoms with E-state index in [1.54, 1.807) is 26.8 Å². The first-order valence-corrected chi connectivity index (χ1v) is 22.4. The lowest BCUT2D eigenvalue weighted by atomic mass is 9.87. The van der Waals surface area contributed by atoms with E-state index >= 15 is 0 Å². The van der Waals surface area contributed by atoms with Crippen molar-refractivity contribution in [1.82, 2.24) is 5.32 Å². The van der Waals surface area contributed by atoms with E-state index in [2.05, 4.69) is 5.32 Å². The number of fused-ring (bicyclic) bond motifs is 4. The molecule has 0 aromatic rings. The summed E-state index contributed by atoms with van der Waals surface area (Å²) in [7, 11) is 1.40. The number of amides is 1. The molecule has 4 rings (SSSR count). The molecule has 17 atom stereocenters. The zero-order valence-corrected chi connectivity index (χ0v) is 37.4. The molecule has 11 unspecified atom stereocenters. The molecule has 4 aliphatic heterocycles. The van der Waals surface area contributed by atoms with Gasteiger partial charge in [0, 0.05) is 51.2 Å². The highest BCUT2D eigenvalue weighted by Gasteiger charge is 2.54. The minimum Gasteiger partial charge on any atom is -0.462 e. The number of cyclic esters (lactones) is 1. The minimum absolute atomic E-state index is 0.0220. The molecule has 4 aliphatic rings. The number of aliphatic hydroxyl groups excluding tert-OH is 7. The highest BCUT2D eigenvalue weighted by atomic mass is 16.7. The monoisotopic (exact) mass is 904 g/mol. The summed E-state index contributed by atoms with van der Waals surface area (Å²) < 4.78 is 35.9. The van der Waals surface area contributed by atoms with Gasteiger partial charge >= 0.3 is 12.1 Å². The van der Waals surface area contributed by atoms with Crippen molar-refractivity contribution in [2.24, 2.45) is 11.7 Å². The first-order valence-electron chi connectivity index (χ1n) is 22.4. The molecule has 3 fully saturated rings. The van der Waals surface area contributed by atoms with Crippen molar-refractivity contribution in [3.63, 3.8) is 0 Å². The van der Waals surface area contributed by atoms with Crippen molar-refractivity contribution >= 4 is 12.1 Å². The maximum atomic E-state index is 12.6. The summed E-state index contributed by atoms with van der Waals surface area (Å²) in [6.45, 7) is 5.13. The van der Waals surface area contributed by atoms with E-state index in [-0.39, 0.29) is 57.8 Å². The van der Waals surface area contributed by atoms with Crippen LogP contribution in [-0.2, 0) is 33.2 Å². The third-order valence-corrected chi connectivity index (χ3v) is 12.1. The second-order valence-corrected chi connectivity index (χ2v) is 17.3. The number of allylic oxidation sites excluding steroid dienone is 12. The van der Waals surface area contributed by atoms with E-state index in [1.807, 2.05) is 79.0 Å². The average Bonchev–Trinajstić information content (AvgIpc) is 3.61. The fourth-order valence-electron chi connectivity index (χ4n) is 8.15. The smallest absolute Gasteiger partial charge is 0.407 e. The molecule has 0 radical (unpaired) electrons. The van der Waals surface area contributed by atoms with Crippen LogP contribution in [0.15, 0.2) is 85.1 Å². The molecule has 0 saturated carbocycles. The minimum atomic E-state index is -1.49. The lowest BCUT2D eigenvalue weighted by Crippen LogP contribution is -2.59. The third kappa shape index (κ3) is 17.3. The van der Waals surface area contributed by atoms with Gasteiger partial charge in [-0.1, -0.05) is 92.0 Å². The summed E-state index contributed by atoms with van der Waals surface area (Å²) in [5.74, 6) is -2.58. The molecule has 360 valence electrons. The molecule has 10 N–H and O–H groups in total. The summed E-state index contributed by atoms with van der Waals surface area (Å²) in [4.78, 5) is 25.1. The van der Waals surface area contributed by atoms with Gasteiger partial charge in [-0.3, -0.25) is 4.79 Å². The number of nitrogens with one attached hydrogen (secondary N) is 1. The van der Waals surface area contributed by atoms with Crippen molar-refractivity contribution in [2.75, 3.05) is 7.11 Å². The van der Waals surface area contributed by atoms with Crippen molar-refractivity contribution in [1.29, 1.82) is 0 Å². The SMILES string of the molecule is COC12CC(O)CC(O)C(O)CCC(O)CC(O)CC(=O)O[C@@H](C)[C@H](C)C(O)C/C=C/C=C/C=C/C=C/C=C/C=C/C=C/C(OC3C[C@@H](N)C(O)[C@@H](C)O3)C[C@H](O1)C1NC(=O)O[C@H]1C2. The third-order valence-electron chi connectivity index (χ3n) is 12.1. The van der Waals surface area contributed by atoms with Crippen LogP contribution in [0.5, 0.6) is 0 Å². The second-order valence-electron chi connectivity index (χ2n) is 17.3. The van der Waals surface area contributed by atoms with Crippen LogP contribution in [0.25, 0.3) is 0 Å². The number of rotatable bonds is 3. The number of methoxy groups -OCH3 is 1. The van der Waals surface area contributed by atoms with Crippen LogP contribution in [-0.4, -0.2) is 152 Å². The Balaban J connectivity index is 1.52. The average molecular weight is 905 g/mol. The maximum absolute atomic E-state index is 12.6. The number of alkyl carbamates (subject to hydrolysis) is 1. The second kappa shape index (κ2) is 26.6. The summed E-state index contributed by atoms with van der Waals surface area (Å²) in [5, 5.41) is 77.9. The van der Waals surface area contributed by atoms with Crippen LogP contribution in [0, 0.1) is 5.92 Å². The van der Waals surface area contributed by atoms with Gasteiger partial charge in [-0.05, 0) is 39.5 Å². The van der Waals surface area contributed by atoms with Gasteiger partial charge in [-0.25, -0.2) is 4.79 Å². The molecule has 4 heterocycles. The van der Waals surface area contributed by atoms with Crippen LogP contribution >= 0.6 is 0 Å². The molecule has 17 nitrogen and oxygen atoms in total. The Kier molecular flexibility index (Phi) is 22.0. The topological polar surface area (TPSA) is 269 Å². The number of esters is 1. The number of aliphatic hydroxyl groups is 7. The fourth-order valence-corrected chi connectivity index (χ4v) is 8.15. The molecule has 0 aliphatic carbocycles. The highest BCUT2D eigenvalue weighted by molar-refractivity contribution is 5.70. The van der Waals surface area contributed by atoms with E-state index in [4.69, 9.17) is 34.2 Å². The molecule has 0 aromatic carbocycles. The van der Waals surface area contributed by atoms with Gasteiger partial charge < -0.3 is 75.2 Å². The van der Waals surface area contributed by atoms with Gasteiger partial charge in [0.25, 0.3) is 0 Å². The number of carbonyl (C=O) groups excluding carboxylic acids is 2. The highest BCUT2D eigenvalue weighted by Crippen LogP contribution is 2.40. The summed E-state index contributed by atoms with van der Waals surface area (Å²) in [6, 6.07) is -1.19. The summed E-state index contributed by atoms with van der Waals surface area (Å²) >= 11 is 0. The number of carbonyl (C=O) groups is 2. The van der Waals surface area contributed by atoms with Crippen LogP contribution in [0.1, 0.15) is 85.0 Å². The molecule has 0 spiro atoms. The Morgan fingerprint density at radius 1 is 0.688 bits per heavy atom. The zero-order valence-electron chi connectivity index (χ0n) is 37.4. The molecule has 17 heteroatoms. The van der Waals surface area contributed by atoms with Gasteiger partial charge in [-0.15, -0.1) is 0 Å². The largest absolute Gasteiger partial charge is 0.462 e. The van der Waals surface area contributed by atoms with Crippen LogP contribution in [0.3, 0.4) is 0 Å². The van der Waals surface area contributed by atoms with Crippen molar-refractivity contribution in [2.45, 2.75) is 182 Å². The number of ether oxygens (including phenoxy) is 6. The molecule has 64 heavy (non-hydrogen) atoms. The normalized spacial score (nSPS) is 44.4. The Labute approximate surface area is 376 Å². The van der Waals surface area contributed by atoms with E-state index in [0.717, 1.165) is 0 Å². The fraction of sp³-hybridized carbons (Fsp3) is 0.660. The summed E-state index contributed by atoms with van der Waals surface area (Å²) in [6.07, 6.45) is 12.5. The van der Waals surface area contributed by atoms with E-state index in [9.17, 15) is 45.3 Å². The predicted octanol–water partition coefficient (Wildman–Crippen LogP) is 2.56. The Bertz CT molecular complexity index is 1640. The Morgan fingerprint density at radius 2 is 1.33 bits per heavy atom. The zero-order chi connectivity index (χ0) is 46.8. The van der Waals surface area contributed by atoms with Gasteiger partial charge in [-0.2, -0.15) is 0 Å². The van der Waals surface area contributed by atoms with Gasteiger partial charge in [0.05, 0.1) is 73.5 Å².